The fourth-order valence-corrected chi connectivity index (χ4v) is 4.53. The minimum atomic E-state index is -0.347. The molecule has 1 saturated heterocycles. The smallest absolute Gasteiger partial charge is 0.254 e. The molecule has 0 radical (unpaired) electrons. The maximum atomic E-state index is 13.7. The van der Waals surface area contributed by atoms with Crippen LogP contribution in [0.5, 0.6) is 11.5 Å². The SMILES string of the molecule is Cc1ccc(CN(Cc2ccc(F)cc2)C(=O)CN(CC2CCCO2)C(=O)c2ccc3c(c2)OCO3)o1. The first-order valence-electron chi connectivity index (χ1n) is 12.3. The van der Waals surface area contributed by atoms with Crippen LogP contribution in [0.2, 0.25) is 0 Å². The van der Waals surface area contributed by atoms with Crippen molar-refractivity contribution >= 4 is 11.8 Å². The fourth-order valence-electron chi connectivity index (χ4n) is 4.53. The van der Waals surface area contributed by atoms with Crippen LogP contribution in [0.4, 0.5) is 4.39 Å². The van der Waals surface area contributed by atoms with Gasteiger partial charge in [-0.1, -0.05) is 12.1 Å². The summed E-state index contributed by atoms with van der Waals surface area (Å²) in [6, 6.07) is 14.7. The van der Waals surface area contributed by atoms with Crippen molar-refractivity contribution in [3.8, 4) is 11.5 Å². The predicted molar refractivity (Wildman–Crippen MR) is 132 cm³/mol. The minimum Gasteiger partial charge on any atom is -0.464 e. The average Bonchev–Trinajstić information content (AvgIpc) is 3.66. The van der Waals surface area contributed by atoms with Gasteiger partial charge in [0.15, 0.2) is 11.5 Å². The zero-order valence-corrected chi connectivity index (χ0v) is 20.7. The summed E-state index contributed by atoms with van der Waals surface area (Å²) in [4.78, 5) is 30.4. The molecule has 0 bridgehead atoms. The number of nitrogens with zero attached hydrogens (tertiary/aromatic N) is 2. The van der Waals surface area contributed by atoms with Gasteiger partial charge in [-0.05, 0) is 67.8 Å². The van der Waals surface area contributed by atoms with Crippen LogP contribution in [0.25, 0.3) is 0 Å². The zero-order chi connectivity index (χ0) is 25.8. The average molecular weight is 509 g/mol. The molecule has 5 rings (SSSR count). The second kappa shape index (κ2) is 11.0. The molecule has 1 fully saturated rings. The molecule has 2 aliphatic heterocycles. The number of furan rings is 1. The second-order valence-corrected chi connectivity index (χ2v) is 9.28. The Morgan fingerprint density at radius 1 is 0.973 bits per heavy atom. The van der Waals surface area contributed by atoms with Gasteiger partial charge < -0.3 is 28.4 Å². The van der Waals surface area contributed by atoms with Crippen LogP contribution in [-0.2, 0) is 22.6 Å². The van der Waals surface area contributed by atoms with E-state index in [4.69, 9.17) is 18.6 Å². The van der Waals surface area contributed by atoms with Gasteiger partial charge in [-0.25, -0.2) is 4.39 Å². The quantitative estimate of drug-likeness (QED) is 0.429. The Labute approximate surface area is 214 Å². The Morgan fingerprint density at radius 3 is 2.51 bits per heavy atom. The molecule has 3 aromatic rings. The van der Waals surface area contributed by atoms with E-state index in [9.17, 15) is 14.0 Å². The van der Waals surface area contributed by atoms with Crippen LogP contribution >= 0.6 is 0 Å². The topological polar surface area (TPSA) is 81.5 Å². The van der Waals surface area contributed by atoms with Gasteiger partial charge in [0, 0.05) is 25.3 Å². The molecule has 37 heavy (non-hydrogen) atoms. The molecule has 0 N–H and O–H groups in total. The van der Waals surface area contributed by atoms with E-state index in [1.165, 1.54) is 17.0 Å². The predicted octanol–water partition coefficient (Wildman–Crippen LogP) is 4.31. The van der Waals surface area contributed by atoms with Gasteiger partial charge in [0.1, 0.15) is 23.9 Å². The summed E-state index contributed by atoms with van der Waals surface area (Å²) in [5, 5.41) is 0. The van der Waals surface area contributed by atoms with Gasteiger partial charge >= 0.3 is 0 Å². The molecule has 1 aromatic heterocycles. The standard InChI is InChI=1S/C28H29FN2O6/c1-19-4-10-24(37-19)16-30(14-20-5-8-22(29)9-6-20)27(32)17-31(15-23-3-2-12-34-23)28(33)21-7-11-25-26(13-21)36-18-35-25/h4-11,13,23H,2-3,12,14-18H2,1H3. The monoisotopic (exact) mass is 508 g/mol. The number of fused-ring (bicyclic) bond motifs is 1. The number of carbonyl (C=O) groups is 2. The van der Waals surface area contributed by atoms with Gasteiger partial charge in [-0.3, -0.25) is 9.59 Å². The molecule has 9 heteroatoms. The van der Waals surface area contributed by atoms with Crippen LogP contribution in [-0.4, -0.2) is 54.2 Å². The highest BCUT2D eigenvalue weighted by molar-refractivity contribution is 5.97. The van der Waals surface area contributed by atoms with Crippen LogP contribution in [0.15, 0.2) is 59.0 Å². The molecular weight excluding hydrogens is 479 g/mol. The van der Waals surface area contributed by atoms with Crippen molar-refractivity contribution in [2.45, 2.75) is 39.0 Å². The largest absolute Gasteiger partial charge is 0.464 e. The van der Waals surface area contributed by atoms with Crippen LogP contribution in [0.3, 0.4) is 0 Å². The van der Waals surface area contributed by atoms with E-state index >= 15 is 0 Å². The lowest BCUT2D eigenvalue weighted by atomic mass is 10.1. The van der Waals surface area contributed by atoms with Gasteiger partial charge in [0.2, 0.25) is 12.7 Å². The van der Waals surface area contributed by atoms with Crippen molar-refractivity contribution in [3.63, 3.8) is 0 Å². The number of halogens is 1. The van der Waals surface area contributed by atoms with E-state index in [1.54, 1.807) is 35.2 Å². The molecule has 8 nitrogen and oxygen atoms in total. The molecule has 194 valence electrons. The molecule has 0 aliphatic carbocycles. The first kappa shape index (κ1) is 24.8. The lowest BCUT2D eigenvalue weighted by molar-refractivity contribution is -0.133. The van der Waals surface area contributed by atoms with Crippen LogP contribution < -0.4 is 9.47 Å². The summed E-state index contributed by atoms with van der Waals surface area (Å²) < 4.78 is 35.7. The summed E-state index contributed by atoms with van der Waals surface area (Å²) in [5.74, 6) is 1.55. The molecule has 0 saturated carbocycles. The van der Waals surface area contributed by atoms with Gasteiger partial charge in [-0.15, -0.1) is 0 Å². The third kappa shape index (κ3) is 6.11. The Balaban J connectivity index is 1.37. The number of aryl methyl sites for hydroxylation is 1. The summed E-state index contributed by atoms with van der Waals surface area (Å²) in [6.07, 6.45) is 1.60. The molecule has 2 aromatic carbocycles. The highest BCUT2D eigenvalue weighted by Gasteiger charge is 2.28. The van der Waals surface area contributed by atoms with E-state index in [1.807, 2.05) is 19.1 Å². The summed E-state index contributed by atoms with van der Waals surface area (Å²) in [6.45, 7) is 3.19. The summed E-state index contributed by atoms with van der Waals surface area (Å²) >= 11 is 0. The maximum Gasteiger partial charge on any atom is 0.254 e. The van der Waals surface area contributed by atoms with Crippen molar-refractivity contribution < 1.29 is 32.6 Å². The van der Waals surface area contributed by atoms with Crippen molar-refractivity contribution in [3.05, 3.63) is 83.1 Å². The number of amides is 2. The number of benzene rings is 2. The number of ether oxygens (including phenoxy) is 3. The Hall–Kier alpha value is -3.85. The second-order valence-electron chi connectivity index (χ2n) is 9.28. The number of rotatable bonds is 9. The Kier molecular flexibility index (Phi) is 7.41. The molecular formula is C28H29FN2O6. The van der Waals surface area contributed by atoms with Crippen LogP contribution in [0.1, 0.15) is 40.3 Å². The molecule has 3 heterocycles. The fraction of sp³-hybridized carbons (Fsp3) is 0.357. The van der Waals surface area contributed by atoms with E-state index in [0.29, 0.717) is 36.0 Å². The van der Waals surface area contributed by atoms with E-state index < -0.39 is 0 Å². The first-order valence-corrected chi connectivity index (χ1v) is 12.3. The molecule has 0 spiro atoms. The molecule has 2 aliphatic rings. The normalized spacial score (nSPS) is 16.1. The molecule has 2 amide bonds. The van der Waals surface area contributed by atoms with Crippen molar-refractivity contribution in [2.24, 2.45) is 0 Å². The minimum absolute atomic E-state index is 0.107. The van der Waals surface area contributed by atoms with Gasteiger partial charge in [-0.2, -0.15) is 0 Å². The van der Waals surface area contributed by atoms with Gasteiger partial charge in [0.25, 0.3) is 5.91 Å². The third-order valence-corrected chi connectivity index (χ3v) is 6.46. The molecule has 1 unspecified atom stereocenters. The highest BCUT2D eigenvalue weighted by Crippen LogP contribution is 2.33. The Morgan fingerprint density at radius 2 is 1.78 bits per heavy atom. The zero-order valence-electron chi connectivity index (χ0n) is 20.7. The number of carbonyl (C=O) groups excluding carboxylic acids is 2. The van der Waals surface area contributed by atoms with Crippen molar-refractivity contribution in [1.29, 1.82) is 0 Å². The lowest BCUT2D eigenvalue weighted by Gasteiger charge is -2.29. The maximum absolute atomic E-state index is 13.7. The Bertz CT molecular complexity index is 1250. The van der Waals surface area contributed by atoms with Crippen molar-refractivity contribution in [1.82, 2.24) is 9.80 Å². The molecule has 1 atom stereocenters. The highest BCUT2D eigenvalue weighted by atomic mass is 19.1. The van der Waals surface area contributed by atoms with Gasteiger partial charge in [0.05, 0.1) is 12.6 Å². The van der Waals surface area contributed by atoms with E-state index in [2.05, 4.69) is 0 Å². The third-order valence-electron chi connectivity index (χ3n) is 6.46. The van der Waals surface area contributed by atoms with E-state index in [-0.39, 0.29) is 50.2 Å². The van der Waals surface area contributed by atoms with Crippen LogP contribution in [0, 0.1) is 12.7 Å². The lowest BCUT2D eigenvalue weighted by Crippen LogP contribution is -2.45. The van der Waals surface area contributed by atoms with Crippen molar-refractivity contribution in [2.75, 3.05) is 26.5 Å². The summed E-state index contributed by atoms with van der Waals surface area (Å²) in [7, 11) is 0. The van der Waals surface area contributed by atoms with E-state index in [0.717, 1.165) is 24.2 Å². The first-order chi connectivity index (χ1) is 17.9. The number of hydrogen-bond acceptors (Lipinski definition) is 6. The number of hydrogen-bond donors (Lipinski definition) is 0. The summed E-state index contributed by atoms with van der Waals surface area (Å²) in [5.41, 5.74) is 1.17.